The molecule has 1 spiro atoms. The summed E-state index contributed by atoms with van der Waals surface area (Å²) in [6.45, 7) is 6.82. The molecule has 6 aliphatic rings. The van der Waals surface area contributed by atoms with Crippen molar-refractivity contribution in [3.05, 3.63) is 93.5 Å². The van der Waals surface area contributed by atoms with Crippen molar-refractivity contribution in [2.75, 3.05) is 62.2 Å². The van der Waals surface area contributed by atoms with Gasteiger partial charge in [0.05, 0.1) is 27.4 Å². The van der Waals surface area contributed by atoms with Gasteiger partial charge < -0.3 is 19.6 Å². The minimum absolute atomic E-state index is 0.0820. The molecule has 0 aliphatic carbocycles. The van der Waals surface area contributed by atoms with Gasteiger partial charge in [-0.1, -0.05) is 29.5 Å². The number of fused-ring (bicyclic) bond motifs is 1. The first-order chi connectivity index (χ1) is 29.1. The van der Waals surface area contributed by atoms with E-state index in [1.165, 1.54) is 0 Å². The van der Waals surface area contributed by atoms with Crippen molar-refractivity contribution in [2.45, 2.75) is 69.9 Å². The maximum Gasteiger partial charge on any atom is 0.264 e. The van der Waals surface area contributed by atoms with Crippen molar-refractivity contribution in [2.24, 2.45) is 11.3 Å². The van der Waals surface area contributed by atoms with Crippen LogP contribution in [0.1, 0.15) is 100.0 Å². The fourth-order valence-electron chi connectivity index (χ4n) is 10.3. The molecule has 60 heavy (non-hydrogen) atoms. The summed E-state index contributed by atoms with van der Waals surface area (Å²) in [4.78, 5) is 75.0. The van der Waals surface area contributed by atoms with E-state index in [2.05, 4.69) is 37.9 Å². The van der Waals surface area contributed by atoms with Gasteiger partial charge in [-0.3, -0.25) is 34.2 Å². The number of halogens is 1. The monoisotopic (exact) mass is 825 g/mol. The molecule has 9 rings (SSSR count). The molecule has 0 radical (unpaired) electrons. The number of carbonyl (C=O) groups is 5. The fraction of sp³-hybridized carbons (Fsp3) is 0.447. The summed E-state index contributed by atoms with van der Waals surface area (Å²) < 4.78 is 0. The van der Waals surface area contributed by atoms with Gasteiger partial charge in [-0.15, -0.1) is 0 Å². The van der Waals surface area contributed by atoms with Gasteiger partial charge in [0.2, 0.25) is 11.8 Å². The summed E-state index contributed by atoms with van der Waals surface area (Å²) >= 11 is 6.30. The number of likely N-dealkylation sites (tertiary alicyclic amines) is 2. The highest BCUT2D eigenvalue weighted by molar-refractivity contribution is 6.32. The number of anilines is 2. The Kier molecular flexibility index (Phi) is 10.9. The zero-order valence-electron chi connectivity index (χ0n) is 33.6. The Bertz CT molecular complexity index is 2340. The quantitative estimate of drug-likeness (QED) is 0.262. The number of benzene rings is 3. The van der Waals surface area contributed by atoms with E-state index in [-0.39, 0.29) is 30.1 Å². The molecule has 1 atom stereocenters. The number of nitrogens with one attached hydrogen (secondary N) is 1. The van der Waals surface area contributed by atoms with Gasteiger partial charge in [0, 0.05) is 74.5 Å². The molecule has 6 heterocycles. The third-order valence-electron chi connectivity index (χ3n) is 13.8. The number of carbonyl (C=O) groups excluding carboxylic acids is 5. The maximum absolute atomic E-state index is 13.7. The number of hydrogen-bond donors (Lipinski definition) is 1. The summed E-state index contributed by atoms with van der Waals surface area (Å²) in [5, 5.41) is 12.0. The molecule has 1 N–H and O–H groups in total. The zero-order valence-corrected chi connectivity index (χ0v) is 34.4. The van der Waals surface area contributed by atoms with Gasteiger partial charge in [-0.25, -0.2) is 0 Å². The van der Waals surface area contributed by atoms with Crippen LogP contribution in [-0.4, -0.2) is 109 Å². The van der Waals surface area contributed by atoms with E-state index in [1.54, 1.807) is 18.2 Å². The summed E-state index contributed by atoms with van der Waals surface area (Å²) in [6.07, 6.45) is 7.15. The minimum Gasteiger partial charge on any atom is -0.371 e. The van der Waals surface area contributed by atoms with Crippen LogP contribution in [0.15, 0.2) is 60.7 Å². The number of imide groups is 2. The predicted molar refractivity (Wildman–Crippen MR) is 227 cm³/mol. The fourth-order valence-corrected chi connectivity index (χ4v) is 10.5. The second-order valence-electron chi connectivity index (χ2n) is 17.3. The first-order valence-corrected chi connectivity index (χ1v) is 21.7. The third kappa shape index (κ3) is 7.63. The standard InChI is InChI=1S/C47H48ClN7O5/c48-38-28-36(11-10-34(38)29-49)52-25-18-47(19-26-52)20-27-54(30-47)44(58)33-8-6-31(7-9-33)4-5-32-14-21-51(22-15-32)35-16-23-53(24-17-35)39-3-1-2-37-42(39)46(60)55(45(37)59)40-12-13-41(56)50-43(40)57/h1-3,6-11,28,32,35,40H,12-27,30H2,(H,50,56,57). The lowest BCUT2D eigenvalue weighted by Gasteiger charge is -2.42. The molecule has 5 saturated heterocycles. The lowest BCUT2D eigenvalue weighted by Crippen LogP contribution is -2.54. The van der Waals surface area contributed by atoms with E-state index in [1.807, 2.05) is 47.4 Å². The van der Waals surface area contributed by atoms with E-state index in [4.69, 9.17) is 11.6 Å². The van der Waals surface area contributed by atoms with Gasteiger partial charge in [-0.2, -0.15) is 5.26 Å². The number of rotatable bonds is 5. The van der Waals surface area contributed by atoms with Gasteiger partial charge in [0.25, 0.3) is 17.7 Å². The zero-order chi connectivity index (χ0) is 41.5. The highest BCUT2D eigenvalue weighted by atomic mass is 35.5. The SMILES string of the molecule is N#Cc1ccc(N2CCC3(CCN(C(=O)c4ccc(C#CC5CCN(C6CCN(c7cccc8c7C(=O)N(C7CCC(=O)NC7=O)C8=O)CC6)CC5)cc4)C3)CC2)cc1Cl. The summed E-state index contributed by atoms with van der Waals surface area (Å²) in [7, 11) is 0. The highest BCUT2D eigenvalue weighted by Gasteiger charge is 2.47. The Morgan fingerprint density at radius 3 is 2.23 bits per heavy atom. The van der Waals surface area contributed by atoms with Crippen LogP contribution in [0.2, 0.25) is 5.02 Å². The van der Waals surface area contributed by atoms with E-state index in [9.17, 15) is 29.2 Å². The third-order valence-corrected chi connectivity index (χ3v) is 14.2. The average Bonchev–Trinajstić information content (AvgIpc) is 3.80. The summed E-state index contributed by atoms with van der Waals surface area (Å²) in [6, 6.07) is 20.3. The van der Waals surface area contributed by atoms with Gasteiger partial charge in [-0.05, 0) is 124 Å². The van der Waals surface area contributed by atoms with Crippen LogP contribution in [0, 0.1) is 34.5 Å². The van der Waals surface area contributed by atoms with E-state index in [0.29, 0.717) is 39.2 Å². The molecule has 1 unspecified atom stereocenters. The summed E-state index contributed by atoms with van der Waals surface area (Å²) in [5.41, 5.74) is 4.69. The lowest BCUT2D eigenvalue weighted by atomic mass is 9.77. The molecule has 5 amide bonds. The van der Waals surface area contributed by atoms with Crippen LogP contribution < -0.4 is 15.1 Å². The molecule has 0 bridgehead atoms. The molecule has 0 aromatic heterocycles. The van der Waals surface area contributed by atoms with Crippen LogP contribution in [-0.2, 0) is 9.59 Å². The Morgan fingerprint density at radius 1 is 0.800 bits per heavy atom. The molecule has 3 aromatic carbocycles. The number of nitrogens with zero attached hydrogens (tertiary/aromatic N) is 6. The van der Waals surface area contributed by atoms with Crippen molar-refractivity contribution in [3.8, 4) is 17.9 Å². The number of amides is 5. The molecule has 3 aromatic rings. The van der Waals surface area contributed by atoms with Crippen molar-refractivity contribution in [1.82, 2.24) is 20.0 Å². The smallest absolute Gasteiger partial charge is 0.264 e. The number of piperidine rings is 4. The second kappa shape index (κ2) is 16.4. The first kappa shape index (κ1) is 39.8. The van der Waals surface area contributed by atoms with Crippen LogP contribution in [0.25, 0.3) is 0 Å². The van der Waals surface area contributed by atoms with E-state index >= 15 is 0 Å². The Labute approximate surface area is 355 Å². The van der Waals surface area contributed by atoms with Gasteiger partial charge >= 0.3 is 0 Å². The van der Waals surface area contributed by atoms with Crippen molar-refractivity contribution >= 4 is 52.5 Å². The van der Waals surface area contributed by atoms with Crippen molar-refractivity contribution in [1.29, 1.82) is 5.26 Å². The van der Waals surface area contributed by atoms with Crippen molar-refractivity contribution < 1.29 is 24.0 Å². The van der Waals surface area contributed by atoms with Crippen LogP contribution in [0.5, 0.6) is 0 Å². The largest absolute Gasteiger partial charge is 0.371 e. The summed E-state index contributed by atoms with van der Waals surface area (Å²) in [5.74, 6) is 5.34. The van der Waals surface area contributed by atoms with E-state index < -0.39 is 23.8 Å². The Hall–Kier alpha value is -5.69. The van der Waals surface area contributed by atoms with Crippen LogP contribution in [0.3, 0.4) is 0 Å². The molecular formula is C47H48ClN7O5. The minimum atomic E-state index is -0.980. The average molecular weight is 826 g/mol. The van der Waals surface area contributed by atoms with Crippen molar-refractivity contribution in [3.63, 3.8) is 0 Å². The molecule has 308 valence electrons. The number of hydrogen-bond acceptors (Lipinski definition) is 9. The van der Waals surface area contributed by atoms with E-state index in [0.717, 1.165) is 119 Å². The topological polar surface area (TPSA) is 137 Å². The highest BCUT2D eigenvalue weighted by Crippen LogP contribution is 2.42. The molecule has 12 nitrogen and oxygen atoms in total. The van der Waals surface area contributed by atoms with Gasteiger partial charge in [0.1, 0.15) is 12.1 Å². The number of nitriles is 1. The van der Waals surface area contributed by atoms with Crippen LogP contribution >= 0.6 is 11.6 Å². The Morgan fingerprint density at radius 2 is 1.53 bits per heavy atom. The van der Waals surface area contributed by atoms with Gasteiger partial charge in [0.15, 0.2) is 0 Å². The second-order valence-corrected chi connectivity index (χ2v) is 17.7. The van der Waals surface area contributed by atoms with Crippen LogP contribution in [0.4, 0.5) is 11.4 Å². The molecule has 13 heteroatoms. The molecule has 0 saturated carbocycles. The first-order valence-electron chi connectivity index (χ1n) is 21.3. The maximum atomic E-state index is 13.7. The molecule has 5 fully saturated rings. The molecule has 6 aliphatic heterocycles. The lowest BCUT2D eigenvalue weighted by molar-refractivity contribution is -0.136. The normalized spacial score (nSPS) is 22.4. The molecular weight excluding hydrogens is 778 g/mol. The Balaban J connectivity index is 0.732. The predicted octanol–water partition coefficient (Wildman–Crippen LogP) is 5.48.